The van der Waals surface area contributed by atoms with Gasteiger partial charge in [-0.3, -0.25) is 4.79 Å². The third-order valence-corrected chi connectivity index (χ3v) is 3.89. The number of hydrogen-bond acceptors (Lipinski definition) is 2. The van der Waals surface area contributed by atoms with Gasteiger partial charge in [-0.25, -0.2) is 0 Å². The molecule has 1 aliphatic heterocycles. The lowest BCUT2D eigenvalue weighted by Gasteiger charge is -2.24. The first-order chi connectivity index (χ1) is 7.86. The molecule has 0 amide bonds. The number of carbonyl (C=O) groups is 1. The van der Waals surface area contributed by atoms with Gasteiger partial charge in [-0.15, -0.1) is 0 Å². The molecule has 0 aromatic heterocycles. The number of hydrogen-bond donors (Lipinski definition) is 1. The molecular formula is C14H17NO. The number of benzene rings is 1. The summed E-state index contributed by atoms with van der Waals surface area (Å²) >= 11 is 0. The molecule has 3 rings (SSSR count). The van der Waals surface area contributed by atoms with Gasteiger partial charge in [0.1, 0.15) is 0 Å². The predicted octanol–water partition coefficient (Wildman–Crippen LogP) is 2.28. The van der Waals surface area contributed by atoms with Crippen molar-refractivity contribution in [3.05, 3.63) is 34.9 Å². The Morgan fingerprint density at radius 3 is 2.75 bits per heavy atom. The maximum absolute atomic E-state index is 11.7. The summed E-state index contributed by atoms with van der Waals surface area (Å²) in [5.41, 5.74) is 3.79. The van der Waals surface area contributed by atoms with Gasteiger partial charge in [-0.05, 0) is 49.4 Å². The van der Waals surface area contributed by atoms with Crippen molar-refractivity contribution >= 4 is 5.78 Å². The number of fused-ring (bicyclic) bond motifs is 1. The summed E-state index contributed by atoms with van der Waals surface area (Å²) in [5, 5.41) is 3.39. The third kappa shape index (κ3) is 1.57. The summed E-state index contributed by atoms with van der Waals surface area (Å²) in [6.07, 6.45) is 4.11. The van der Waals surface area contributed by atoms with E-state index in [1.807, 2.05) is 6.07 Å². The molecule has 2 aliphatic rings. The Balaban J connectivity index is 1.98. The number of ketones is 1. The molecule has 2 nitrogen and oxygen atoms in total. The second-order valence-corrected chi connectivity index (χ2v) is 4.82. The molecule has 1 fully saturated rings. The molecule has 0 bridgehead atoms. The van der Waals surface area contributed by atoms with Gasteiger partial charge < -0.3 is 5.32 Å². The van der Waals surface area contributed by atoms with Crippen LogP contribution in [0.1, 0.15) is 46.7 Å². The van der Waals surface area contributed by atoms with Crippen LogP contribution in [-0.2, 0) is 6.42 Å². The SMILES string of the molecule is O=C1CCc2c1cccc2C1CCNCC1. The molecule has 1 aliphatic carbocycles. The van der Waals surface area contributed by atoms with E-state index in [4.69, 9.17) is 0 Å². The number of carbonyl (C=O) groups excluding carboxylic acids is 1. The molecule has 1 aromatic carbocycles. The van der Waals surface area contributed by atoms with Crippen molar-refractivity contribution in [2.75, 3.05) is 13.1 Å². The van der Waals surface area contributed by atoms with Crippen LogP contribution in [0.2, 0.25) is 0 Å². The zero-order valence-corrected chi connectivity index (χ0v) is 9.46. The highest BCUT2D eigenvalue weighted by molar-refractivity contribution is 6.00. The minimum Gasteiger partial charge on any atom is -0.317 e. The van der Waals surface area contributed by atoms with Crippen molar-refractivity contribution in [2.24, 2.45) is 0 Å². The highest BCUT2D eigenvalue weighted by Crippen LogP contribution is 2.33. The highest BCUT2D eigenvalue weighted by Gasteiger charge is 2.25. The summed E-state index contributed by atoms with van der Waals surface area (Å²) in [6, 6.07) is 6.28. The summed E-state index contributed by atoms with van der Waals surface area (Å²) in [4.78, 5) is 11.7. The van der Waals surface area contributed by atoms with Crippen LogP contribution < -0.4 is 5.32 Å². The monoisotopic (exact) mass is 215 g/mol. The number of Topliss-reactive ketones (excluding diaryl/α,β-unsaturated/α-hetero) is 1. The molecule has 0 radical (unpaired) electrons. The quantitative estimate of drug-likeness (QED) is 0.778. The van der Waals surface area contributed by atoms with Gasteiger partial charge in [0.2, 0.25) is 0 Å². The van der Waals surface area contributed by atoms with Crippen LogP contribution in [0.15, 0.2) is 18.2 Å². The van der Waals surface area contributed by atoms with Crippen LogP contribution in [0.5, 0.6) is 0 Å². The van der Waals surface area contributed by atoms with Gasteiger partial charge in [0, 0.05) is 12.0 Å². The van der Waals surface area contributed by atoms with E-state index in [0.717, 1.165) is 31.5 Å². The van der Waals surface area contributed by atoms with Gasteiger partial charge in [-0.2, -0.15) is 0 Å². The van der Waals surface area contributed by atoms with E-state index in [2.05, 4.69) is 17.4 Å². The van der Waals surface area contributed by atoms with Crippen molar-refractivity contribution in [3.8, 4) is 0 Å². The zero-order valence-electron chi connectivity index (χ0n) is 9.46. The average molecular weight is 215 g/mol. The molecule has 0 saturated carbocycles. The Bertz CT molecular complexity index is 419. The Morgan fingerprint density at radius 2 is 1.94 bits per heavy atom. The standard InChI is InChI=1S/C14H17NO/c16-14-5-4-12-11(2-1-3-13(12)14)10-6-8-15-9-7-10/h1-3,10,15H,4-9H2. The van der Waals surface area contributed by atoms with Crippen LogP contribution in [-0.4, -0.2) is 18.9 Å². The smallest absolute Gasteiger partial charge is 0.163 e. The van der Waals surface area contributed by atoms with E-state index in [1.54, 1.807) is 0 Å². The molecule has 1 saturated heterocycles. The van der Waals surface area contributed by atoms with Gasteiger partial charge in [0.25, 0.3) is 0 Å². The molecule has 0 unspecified atom stereocenters. The molecule has 0 atom stereocenters. The fourth-order valence-corrected chi connectivity index (χ4v) is 3.03. The summed E-state index contributed by atoms with van der Waals surface area (Å²) in [6.45, 7) is 2.23. The lowest BCUT2D eigenvalue weighted by Crippen LogP contribution is -2.27. The Hall–Kier alpha value is -1.15. The molecule has 2 heteroatoms. The first-order valence-corrected chi connectivity index (χ1v) is 6.22. The lowest BCUT2D eigenvalue weighted by molar-refractivity contribution is 0.0994. The molecule has 1 heterocycles. The predicted molar refractivity (Wildman–Crippen MR) is 63.9 cm³/mol. The molecular weight excluding hydrogens is 198 g/mol. The van der Waals surface area contributed by atoms with Gasteiger partial charge in [-0.1, -0.05) is 18.2 Å². The minimum atomic E-state index is 0.339. The summed E-state index contributed by atoms with van der Waals surface area (Å²) in [5.74, 6) is 1.01. The van der Waals surface area contributed by atoms with Crippen molar-refractivity contribution in [1.82, 2.24) is 5.32 Å². The van der Waals surface area contributed by atoms with E-state index in [-0.39, 0.29) is 0 Å². The molecule has 1 N–H and O–H groups in total. The summed E-state index contributed by atoms with van der Waals surface area (Å²) in [7, 11) is 0. The van der Waals surface area contributed by atoms with Crippen molar-refractivity contribution in [2.45, 2.75) is 31.6 Å². The molecule has 0 spiro atoms. The topological polar surface area (TPSA) is 29.1 Å². The highest BCUT2D eigenvalue weighted by atomic mass is 16.1. The fourth-order valence-electron chi connectivity index (χ4n) is 3.03. The third-order valence-electron chi connectivity index (χ3n) is 3.89. The summed E-state index contributed by atoms with van der Waals surface area (Å²) < 4.78 is 0. The maximum atomic E-state index is 11.7. The van der Waals surface area contributed by atoms with Crippen LogP contribution in [0.4, 0.5) is 0 Å². The zero-order chi connectivity index (χ0) is 11.0. The average Bonchev–Trinajstić information content (AvgIpc) is 2.73. The normalized spacial score (nSPS) is 21.1. The lowest BCUT2D eigenvalue weighted by atomic mass is 9.86. The van der Waals surface area contributed by atoms with E-state index < -0.39 is 0 Å². The van der Waals surface area contributed by atoms with E-state index >= 15 is 0 Å². The van der Waals surface area contributed by atoms with Crippen LogP contribution >= 0.6 is 0 Å². The molecule has 84 valence electrons. The van der Waals surface area contributed by atoms with E-state index in [0.29, 0.717) is 11.7 Å². The van der Waals surface area contributed by atoms with Crippen molar-refractivity contribution in [1.29, 1.82) is 0 Å². The van der Waals surface area contributed by atoms with Gasteiger partial charge in [0.05, 0.1) is 0 Å². The minimum absolute atomic E-state index is 0.339. The van der Waals surface area contributed by atoms with E-state index in [1.165, 1.54) is 24.0 Å². The second-order valence-electron chi connectivity index (χ2n) is 4.82. The van der Waals surface area contributed by atoms with Crippen LogP contribution in [0.25, 0.3) is 0 Å². The van der Waals surface area contributed by atoms with E-state index in [9.17, 15) is 4.79 Å². The first kappa shape index (κ1) is 10.0. The number of piperidine rings is 1. The van der Waals surface area contributed by atoms with Gasteiger partial charge in [0.15, 0.2) is 5.78 Å². The number of rotatable bonds is 1. The fraction of sp³-hybridized carbons (Fsp3) is 0.500. The Labute approximate surface area is 96.1 Å². The van der Waals surface area contributed by atoms with Gasteiger partial charge >= 0.3 is 0 Å². The molecule has 1 aromatic rings. The maximum Gasteiger partial charge on any atom is 0.163 e. The van der Waals surface area contributed by atoms with Crippen molar-refractivity contribution in [3.63, 3.8) is 0 Å². The molecule has 16 heavy (non-hydrogen) atoms. The Kier molecular flexibility index (Phi) is 2.52. The van der Waals surface area contributed by atoms with Crippen molar-refractivity contribution < 1.29 is 4.79 Å². The largest absolute Gasteiger partial charge is 0.317 e. The second kappa shape index (κ2) is 4.02. The number of nitrogens with one attached hydrogen (secondary N) is 1. The first-order valence-electron chi connectivity index (χ1n) is 6.22. The van der Waals surface area contributed by atoms with Crippen LogP contribution in [0.3, 0.4) is 0 Å². The van der Waals surface area contributed by atoms with Crippen LogP contribution in [0, 0.1) is 0 Å². The Morgan fingerprint density at radius 1 is 1.12 bits per heavy atom.